The maximum Gasteiger partial charge on any atom is 0.130 e. The Kier molecular flexibility index (Phi) is 14.3. The molecule has 0 aromatic heterocycles. The lowest BCUT2D eigenvalue weighted by molar-refractivity contribution is -0.116. The quantitative estimate of drug-likeness (QED) is 0.275. The van der Waals surface area contributed by atoms with Crippen LogP contribution in [0.5, 0.6) is 0 Å². The van der Waals surface area contributed by atoms with Crippen LogP contribution in [0.1, 0.15) is 90.9 Å². The highest BCUT2D eigenvalue weighted by Gasteiger charge is 2.03. The molecule has 0 N–H and O–H groups in total. The minimum absolute atomic E-state index is 0.199. The normalized spacial score (nSPS) is 12.9. The predicted molar refractivity (Wildman–Crippen MR) is 85.8 cm³/mol. The molecule has 0 aromatic rings. The van der Waals surface area contributed by atoms with Crippen LogP contribution in [-0.2, 0) is 4.79 Å². The highest BCUT2D eigenvalue weighted by Crippen LogP contribution is 2.14. The summed E-state index contributed by atoms with van der Waals surface area (Å²) >= 11 is 0. The first-order chi connectivity index (χ1) is 9.66. The van der Waals surface area contributed by atoms with Crippen molar-refractivity contribution in [3.8, 4) is 0 Å². The van der Waals surface area contributed by atoms with Gasteiger partial charge in [-0.05, 0) is 26.2 Å². The van der Waals surface area contributed by atoms with Crippen LogP contribution < -0.4 is 0 Å². The van der Waals surface area contributed by atoms with E-state index in [-0.39, 0.29) is 5.78 Å². The maximum atomic E-state index is 13.5. The maximum absolute atomic E-state index is 13.5. The average molecular weight is 284 g/mol. The SMILES string of the molecule is CCCCCCCCCCC(F)C/C=C/CCC(C)=O. The fourth-order valence-corrected chi connectivity index (χ4v) is 2.27. The van der Waals surface area contributed by atoms with Crippen molar-refractivity contribution in [3.05, 3.63) is 12.2 Å². The second-order valence-corrected chi connectivity index (χ2v) is 5.81. The fraction of sp³-hybridized carbons (Fsp3) is 0.833. The Labute approximate surface area is 125 Å². The Morgan fingerprint density at radius 3 is 2.20 bits per heavy atom. The van der Waals surface area contributed by atoms with Gasteiger partial charge in [0.05, 0.1) is 0 Å². The molecule has 0 heterocycles. The van der Waals surface area contributed by atoms with Gasteiger partial charge >= 0.3 is 0 Å². The second kappa shape index (κ2) is 14.7. The van der Waals surface area contributed by atoms with E-state index >= 15 is 0 Å². The van der Waals surface area contributed by atoms with E-state index in [1.165, 1.54) is 44.9 Å². The van der Waals surface area contributed by atoms with Crippen molar-refractivity contribution in [2.45, 2.75) is 97.1 Å². The van der Waals surface area contributed by atoms with Gasteiger partial charge in [0.1, 0.15) is 12.0 Å². The van der Waals surface area contributed by atoms with Gasteiger partial charge in [-0.15, -0.1) is 0 Å². The monoisotopic (exact) mass is 284 g/mol. The lowest BCUT2D eigenvalue weighted by Crippen LogP contribution is -1.98. The van der Waals surface area contributed by atoms with E-state index in [0.717, 1.165) is 12.8 Å². The van der Waals surface area contributed by atoms with Gasteiger partial charge in [0.25, 0.3) is 0 Å². The summed E-state index contributed by atoms with van der Waals surface area (Å²) < 4.78 is 13.5. The molecule has 0 aliphatic carbocycles. The smallest absolute Gasteiger partial charge is 0.130 e. The van der Waals surface area contributed by atoms with E-state index < -0.39 is 6.17 Å². The Bertz CT molecular complexity index is 248. The van der Waals surface area contributed by atoms with Crippen LogP contribution in [0.25, 0.3) is 0 Å². The summed E-state index contributed by atoms with van der Waals surface area (Å²) in [5.74, 6) is 0.199. The topological polar surface area (TPSA) is 17.1 Å². The van der Waals surface area contributed by atoms with Crippen molar-refractivity contribution in [1.82, 2.24) is 0 Å². The number of carbonyl (C=O) groups is 1. The number of Topliss-reactive ketones (excluding diaryl/α,β-unsaturated/α-hetero) is 1. The molecule has 0 spiro atoms. The molecule has 2 heteroatoms. The van der Waals surface area contributed by atoms with E-state index in [1.807, 2.05) is 12.2 Å². The number of unbranched alkanes of at least 4 members (excludes halogenated alkanes) is 7. The average Bonchev–Trinajstić information content (AvgIpc) is 2.41. The zero-order chi connectivity index (χ0) is 15.1. The van der Waals surface area contributed by atoms with Crippen LogP contribution in [-0.4, -0.2) is 12.0 Å². The number of rotatable bonds is 14. The van der Waals surface area contributed by atoms with E-state index in [0.29, 0.717) is 19.3 Å². The standard InChI is InChI=1S/C18H33FO/c1-3-4-5-6-7-8-9-12-15-18(19)16-13-10-11-14-17(2)20/h10,13,18H,3-9,11-12,14-16H2,1-2H3/b13-10+. The van der Waals surface area contributed by atoms with Crippen LogP contribution in [0.3, 0.4) is 0 Å². The molecule has 0 saturated carbocycles. The summed E-state index contributed by atoms with van der Waals surface area (Å²) in [6, 6.07) is 0. The van der Waals surface area contributed by atoms with Gasteiger partial charge in [0.15, 0.2) is 0 Å². The van der Waals surface area contributed by atoms with E-state index in [1.54, 1.807) is 6.92 Å². The Hall–Kier alpha value is -0.660. The van der Waals surface area contributed by atoms with Crippen LogP contribution in [0.15, 0.2) is 12.2 Å². The summed E-state index contributed by atoms with van der Waals surface area (Å²) in [5.41, 5.74) is 0. The summed E-state index contributed by atoms with van der Waals surface area (Å²) in [7, 11) is 0. The first kappa shape index (κ1) is 19.3. The van der Waals surface area contributed by atoms with Crippen molar-refractivity contribution < 1.29 is 9.18 Å². The van der Waals surface area contributed by atoms with E-state index in [2.05, 4.69) is 6.92 Å². The van der Waals surface area contributed by atoms with Crippen LogP contribution in [0, 0.1) is 0 Å². The van der Waals surface area contributed by atoms with Gasteiger partial charge in [-0.3, -0.25) is 0 Å². The van der Waals surface area contributed by atoms with Crippen LogP contribution >= 0.6 is 0 Å². The third kappa shape index (κ3) is 15.4. The molecule has 0 radical (unpaired) electrons. The van der Waals surface area contributed by atoms with E-state index in [4.69, 9.17) is 0 Å². The minimum Gasteiger partial charge on any atom is -0.300 e. The molecule has 1 unspecified atom stereocenters. The van der Waals surface area contributed by atoms with Gasteiger partial charge < -0.3 is 4.79 Å². The Morgan fingerprint density at radius 2 is 1.60 bits per heavy atom. The highest BCUT2D eigenvalue weighted by molar-refractivity contribution is 5.75. The molecular weight excluding hydrogens is 251 g/mol. The zero-order valence-corrected chi connectivity index (χ0v) is 13.5. The Morgan fingerprint density at radius 1 is 1.00 bits per heavy atom. The molecule has 0 aliphatic heterocycles. The number of ketones is 1. The van der Waals surface area contributed by atoms with Gasteiger partial charge in [0, 0.05) is 6.42 Å². The first-order valence-electron chi connectivity index (χ1n) is 8.45. The molecule has 1 atom stereocenters. The van der Waals surface area contributed by atoms with Crippen molar-refractivity contribution >= 4 is 5.78 Å². The molecule has 0 rings (SSSR count). The van der Waals surface area contributed by atoms with Gasteiger partial charge in [-0.25, -0.2) is 4.39 Å². The summed E-state index contributed by atoms with van der Waals surface area (Å²) in [5, 5.41) is 0. The third-order valence-electron chi connectivity index (χ3n) is 3.59. The van der Waals surface area contributed by atoms with Crippen molar-refractivity contribution in [3.63, 3.8) is 0 Å². The summed E-state index contributed by atoms with van der Waals surface area (Å²) in [4.78, 5) is 10.7. The van der Waals surface area contributed by atoms with Crippen LogP contribution in [0.4, 0.5) is 4.39 Å². The molecule has 0 amide bonds. The van der Waals surface area contributed by atoms with Gasteiger partial charge in [0.2, 0.25) is 0 Å². The van der Waals surface area contributed by atoms with Gasteiger partial charge in [-0.1, -0.05) is 70.4 Å². The van der Waals surface area contributed by atoms with Crippen molar-refractivity contribution in [1.29, 1.82) is 0 Å². The third-order valence-corrected chi connectivity index (χ3v) is 3.59. The Balaban J connectivity index is 3.27. The summed E-state index contributed by atoms with van der Waals surface area (Å²) in [6.45, 7) is 3.82. The molecule has 0 aromatic carbocycles. The predicted octanol–water partition coefficient (Wildman–Crippen LogP) is 6.17. The molecular formula is C18H33FO. The largest absolute Gasteiger partial charge is 0.300 e. The molecule has 0 bridgehead atoms. The van der Waals surface area contributed by atoms with E-state index in [9.17, 15) is 9.18 Å². The molecule has 20 heavy (non-hydrogen) atoms. The lowest BCUT2D eigenvalue weighted by Gasteiger charge is -2.05. The second-order valence-electron chi connectivity index (χ2n) is 5.81. The highest BCUT2D eigenvalue weighted by atomic mass is 19.1. The minimum atomic E-state index is -0.705. The number of alkyl halides is 1. The first-order valence-corrected chi connectivity index (χ1v) is 8.45. The summed E-state index contributed by atoms with van der Waals surface area (Å²) in [6.07, 6.45) is 15.7. The van der Waals surface area contributed by atoms with Crippen LogP contribution in [0.2, 0.25) is 0 Å². The molecule has 1 nitrogen and oxygen atoms in total. The number of allylic oxidation sites excluding steroid dienone is 2. The fourth-order valence-electron chi connectivity index (χ4n) is 2.27. The number of halogens is 1. The molecule has 0 fully saturated rings. The number of hydrogen-bond donors (Lipinski definition) is 0. The number of hydrogen-bond acceptors (Lipinski definition) is 1. The molecule has 118 valence electrons. The molecule has 0 saturated heterocycles. The van der Waals surface area contributed by atoms with Crippen molar-refractivity contribution in [2.75, 3.05) is 0 Å². The van der Waals surface area contributed by atoms with Gasteiger partial charge in [-0.2, -0.15) is 0 Å². The lowest BCUT2D eigenvalue weighted by atomic mass is 10.0. The molecule has 0 aliphatic rings. The zero-order valence-electron chi connectivity index (χ0n) is 13.5. The number of carbonyl (C=O) groups excluding carboxylic acids is 1. The van der Waals surface area contributed by atoms with Crippen molar-refractivity contribution in [2.24, 2.45) is 0 Å².